The zero-order valence-electron chi connectivity index (χ0n) is 12.4. The van der Waals surface area contributed by atoms with Crippen LogP contribution in [0.2, 0.25) is 0 Å². The molecule has 0 atom stereocenters. The molecule has 0 unspecified atom stereocenters. The molecule has 1 aromatic carbocycles. The third-order valence-corrected chi connectivity index (χ3v) is 4.97. The first kappa shape index (κ1) is 17.6. The van der Waals surface area contributed by atoms with Crippen LogP contribution >= 0.6 is 0 Å². The molecule has 0 amide bonds. The zero-order chi connectivity index (χ0) is 16.8. The number of nitrogens with one attached hydrogen (secondary N) is 2. The average Bonchev–Trinajstić information content (AvgIpc) is 2.48. The van der Waals surface area contributed by atoms with Gasteiger partial charge in [0.05, 0.1) is 5.69 Å². The van der Waals surface area contributed by atoms with Crippen LogP contribution in [0.3, 0.4) is 0 Å². The molecule has 1 rings (SSSR count). The van der Waals surface area contributed by atoms with Crippen LogP contribution in [0.5, 0.6) is 0 Å². The van der Waals surface area contributed by atoms with Crippen LogP contribution in [0.25, 0.3) is 0 Å². The van der Waals surface area contributed by atoms with Gasteiger partial charge in [-0.15, -0.1) is 0 Å². The van der Waals surface area contributed by atoms with Gasteiger partial charge in [-0.25, -0.2) is 8.42 Å². The van der Waals surface area contributed by atoms with Crippen molar-refractivity contribution >= 4 is 27.3 Å². The second-order valence-electron chi connectivity index (χ2n) is 4.18. The van der Waals surface area contributed by atoms with Gasteiger partial charge in [0.1, 0.15) is 11.0 Å². The summed E-state index contributed by atoms with van der Waals surface area (Å²) in [6.07, 6.45) is 0. The van der Waals surface area contributed by atoms with E-state index < -0.39 is 15.9 Å². The zero-order valence-corrected chi connectivity index (χ0v) is 13.2. The fraction of sp³-hybridized carbons (Fsp3) is 0.308. The number of amidine groups is 1. The number of nitriles is 1. The molecular formula is C13H18N6O2S. The van der Waals surface area contributed by atoms with Gasteiger partial charge in [-0.1, -0.05) is 26.0 Å². The lowest BCUT2D eigenvalue weighted by Gasteiger charge is -2.20. The van der Waals surface area contributed by atoms with Crippen molar-refractivity contribution in [3.05, 3.63) is 24.3 Å². The normalized spacial score (nSPS) is 12.0. The molecule has 0 saturated carbocycles. The Kier molecular flexibility index (Phi) is 6.03. The maximum absolute atomic E-state index is 12.6. The van der Waals surface area contributed by atoms with Crippen molar-refractivity contribution in [2.24, 2.45) is 10.8 Å². The van der Waals surface area contributed by atoms with Crippen LogP contribution in [0.1, 0.15) is 13.8 Å². The lowest BCUT2D eigenvalue weighted by atomic mass is 10.3. The molecule has 0 fully saturated rings. The van der Waals surface area contributed by atoms with Crippen LogP contribution in [0, 0.1) is 16.7 Å². The number of para-hydroxylation sites is 1. The maximum atomic E-state index is 12.6. The lowest BCUT2D eigenvalue weighted by Crippen LogP contribution is -2.31. The summed E-state index contributed by atoms with van der Waals surface area (Å²) in [5, 5.41) is 19.6. The predicted octanol–water partition coefficient (Wildman–Crippen LogP) is 0.945. The van der Waals surface area contributed by atoms with Gasteiger partial charge >= 0.3 is 0 Å². The highest BCUT2D eigenvalue weighted by molar-refractivity contribution is 7.89. The minimum absolute atomic E-state index is 0.0447. The number of hydrogen-bond acceptors (Lipinski definition) is 6. The Hall–Kier alpha value is -2.44. The van der Waals surface area contributed by atoms with Crippen LogP contribution in [0.15, 0.2) is 34.3 Å². The quantitative estimate of drug-likeness (QED) is 0.390. The lowest BCUT2D eigenvalue weighted by molar-refractivity contribution is 0.445. The number of nitrogens with zero attached hydrogens (tertiary/aromatic N) is 3. The van der Waals surface area contributed by atoms with E-state index in [0.29, 0.717) is 13.1 Å². The van der Waals surface area contributed by atoms with Gasteiger partial charge in [0.25, 0.3) is 0 Å². The summed E-state index contributed by atoms with van der Waals surface area (Å²) in [5.41, 5.74) is 7.57. The Bertz CT molecular complexity index is 716. The van der Waals surface area contributed by atoms with Gasteiger partial charge in [-0.05, 0) is 12.1 Å². The molecule has 0 spiro atoms. The number of nitrogens with two attached hydrogens (primary N) is 1. The van der Waals surface area contributed by atoms with E-state index in [4.69, 9.17) is 16.4 Å². The summed E-state index contributed by atoms with van der Waals surface area (Å²) >= 11 is 0. The Morgan fingerprint density at radius 1 is 1.41 bits per heavy atom. The van der Waals surface area contributed by atoms with Crippen LogP contribution in [-0.2, 0) is 10.0 Å². The summed E-state index contributed by atoms with van der Waals surface area (Å²) in [7, 11) is -3.67. The Morgan fingerprint density at radius 3 is 2.50 bits per heavy atom. The van der Waals surface area contributed by atoms with Crippen molar-refractivity contribution in [3.63, 3.8) is 0 Å². The van der Waals surface area contributed by atoms with Crippen LogP contribution < -0.4 is 11.2 Å². The maximum Gasteiger partial charge on any atom is 0.245 e. The van der Waals surface area contributed by atoms with Gasteiger partial charge in [0.15, 0.2) is 5.84 Å². The first-order chi connectivity index (χ1) is 10.4. The van der Waals surface area contributed by atoms with E-state index in [9.17, 15) is 8.42 Å². The van der Waals surface area contributed by atoms with Crippen molar-refractivity contribution in [3.8, 4) is 6.07 Å². The first-order valence-corrected chi connectivity index (χ1v) is 7.99. The average molecular weight is 322 g/mol. The Labute approximate surface area is 129 Å². The third-order valence-electron chi connectivity index (χ3n) is 2.86. The summed E-state index contributed by atoms with van der Waals surface area (Å²) in [5.74, 6) is -0.501. The molecule has 0 bridgehead atoms. The van der Waals surface area contributed by atoms with E-state index in [1.54, 1.807) is 32.0 Å². The molecule has 0 aromatic heterocycles. The fourth-order valence-corrected chi connectivity index (χ4v) is 3.35. The number of hydrazone groups is 1. The number of rotatable bonds is 7. The number of hydrogen-bond donors (Lipinski definition) is 3. The second-order valence-corrected chi connectivity index (χ2v) is 6.09. The molecule has 0 aliphatic carbocycles. The van der Waals surface area contributed by atoms with Crippen LogP contribution in [0.4, 0.5) is 5.69 Å². The summed E-state index contributed by atoms with van der Waals surface area (Å²) in [6.45, 7) is 4.18. The van der Waals surface area contributed by atoms with Gasteiger partial charge in [-0.2, -0.15) is 14.7 Å². The van der Waals surface area contributed by atoms with Gasteiger partial charge in [0.2, 0.25) is 15.7 Å². The van der Waals surface area contributed by atoms with Crippen molar-refractivity contribution in [1.82, 2.24) is 4.31 Å². The largest absolute Gasteiger partial charge is 0.382 e. The smallest absolute Gasteiger partial charge is 0.245 e. The molecular weight excluding hydrogens is 304 g/mol. The topological polar surface area (TPSA) is 135 Å². The molecule has 22 heavy (non-hydrogen) atoms. The van der Waals surface area contributed by atoms with E-state index in [1.807, 2.05) is 0 Å². The minimum atomic E-state index is -3.67. The summed E-state index contributed by atoms with van der Waals surface area (Å²) < 4.78 is 26.5. The Morgan fingerprint density at radius 2 is 2.00 bits per heavy atom. The molecule has 0 aliphatic rings. The fourth-order valence-electron chi connectivity index (χ4n) is 1.75. The highest BCUT2D eigenvalue weighted by Gasteiger charge is 2.24. The van der Waals surface area contributed by atoms with Crippen molar-refractivity contribution < 1.29 is 8.42 Å². The van der Waals surface area contributed by atoms with E-state index in [0.717, 1.165) is 0 Å². The molecule has 0 saturated heterocycles. The van der Waals surface area contributed by atoms with Gasteiger partial charge in [-0.3, -0.25) is 10.8 Å². The highest BCUT2D eigenvalue weighted by Crippen LogP contribution is 2.24. The number of benzene rings is 1. The Balaban J connectivity index is 3.27. The van der Waals surface area contributed by atoms with E-state index >= 15 is 0 Å². The van der Waals surface area contributed by atoms with Crippen molar-refractivity contribution in [2.45, 2.75) is 18.7 Å². The number of anilines is 1. The monoisotopic (exact) mass is 322 g/mol. The van der Waals surface area contributed by atoms with Crippen LogP contribution in [-0.4, -0.2) is 37.4 Å². The van der Waals surface area contributed by atoms with Crippen molar-refractivity contribution in [2.75, 3.05) is 18.5 Å². The van der Waals surface area contributed by atoms with E-state index in [-0.39, 0.29) is 16.3 Å². The predicted molar refractivity (Wildman–Crippen MR) is 85.1 cm³/mol. The second kappa shape index (κ2) is 7.53. The molecule has 8 nitrogen and oxygen atoms in total. The molecule has 9 heteroatoms. The molecule has 0 aliphatic heterocycles. The number of sulfonamides is 1. The first-order valence-electron chi connectivity index (χ1n) is 6.55. The summed E-state index contributed by atoms with van der Waals surface area (Å²) in [4.78, 5) is 0.0447. The van der Waals surface area contributed by atoms with E-state index in [2.05, 4.69) is 10.5 Å². The standard InChI is InChI=1S/C13H18N6O2S/c1-3-19(4-2)22(20,21)12-8-6-5-7-10(12)17-18-11(9-14)13(15)16/h5-8,17H,3-4H2,1-2H3,(H3,15,16)/b18-11+. The SMILES string of the molecule is CCN(CC)S(=O)(=O)c1ccccc1N/N=C(\C#N)C(=N)N. The van der Waals surface area contributed by atoms with Gasteiger partial charge < -0.3 is 5.73 Å². The van der Waals surface area contributed by atoms with E-state index in [1.165, 1.54) is 16.4 Å². The molecule has 118 valence electrons. The highest BCUT2D eigenvalue weighted by atomic mass is 32.2. The third kappa shape index (κ3) is 3.81. The van der Waals surface area contributed by atoms with Crippen molar-refractivity contribution in [1.29, 1.82) is 10.7 Å². The minimum Gasteiger partial charge on any atom is -0.382 e. The molecule has 0 radical (unpaired) electrons. The molecule has 1 aromatic rings. The molecule has 4 N–H and O–H groups in total. The van der Waals surface area contributed by atoms with Gasteiger partial charge in [0, 0.05) is 13.1 Å². The molecule has 0 heterocycles. The summed E-state index contributed by atoms with van der Waals surface area (Å²) in [6, 6.07) is 7.86.